The van der Waals surface area contributed by atoms with E-state index in [4.69, 9.17) is 0 Å². The number of carbonyl (C=O) groups excluding carboxylic acids is 1. The van der Waals surface area contributed by atoms with E-state index in [0.29, 0.717) is 6.54 Å². The van der Waals surface area contributed by atoms with Crippen molar-refractivity contribution in [1.29, 1.82) is 0 Å². The minimum absolute atomic E-state index is 0.0431. The van der Waals surface area contributed by atoms with Crippen LogP contribution in [-0.4, -0.2) is 30.4 Å². The summed E-state index contributed by atoms with van der Waals surface area (Å²) in [6, 6.07) is 14.3. The highest BCUT2D eigenvalue weighted by molar-refractivity contribution is 7.10. The van der Waals surface area contributed by atoms with Gasteiger partial charge >= 0.3 is 0 Å². The van der Waals surface area contributed by atoms with E-state index in [2.05, 4.69) is 33.8 Å². The number of carbonyl (C=O) groups is 1. The molecule has 0 aliphatic carbocycles. The van der Waals surface area contributed by atoms with Crippen molar-refractivity contribution in [3.05, 3.63) is 58.3 Å². The molecule has 1 atom stereocenters. The molecule has 2 heterocycles. The minimum atomic E-state index is -0.0431. The Balaban J connectivity index is 1.69. The first-order valence-corrected chi connectivity index (χ1v) is 8.81. The van der Waals surface area contributed by atoms with Gasteiger partial charge in [-0.3, -0.25) is 9.69 Å². The first-order valence-electron chi connectivity index (χ1n) is 7.93. The maximum atomic E-state index is 12.4. The Bertz CT molecular complexity index is 576. The van der Waals surface area contributed by atoms with Crippen LogP contribution in [0.25, 0.3) is 0 Å². The highest BCUT2D eigenvalue weighted by Crippen LogP contribution is 2.25. The molecule has 22 heavy (non-hydrogen) atoms. The summed E-state index contributed by atoms with van der Waals surface area (Å²) in [5.74, 6) is 0.115. The van der Waals surface area contributed by atoms with Crippen LogP contribution in [0.3, 0.4) is 0 Å². The van der Waals surface area contributed by atoms with Gasteiger partial charge in [0.25, 0.3) is 0 Å². The normalized spacial score (nSPS) is 17.1. The van der Waals surface area contributed by atoms with Gasteiger partial charge in [0.15, 0.2) is 0 Å². The van der Waals surface area contributed by atoms with Crippen LogP contribution in [-0.2, 0) is 4.79 Å². The summed E-state index contributed by atoms with van der Waals surface area (Å²) in [5, 5.41) is 5.27. The SMILES string of the molecule is O=C(CN1CCCCC1)N[C@H](c1ccccc1)c1cccs1. The lowest BCUT2D eigenvalue weighted by atomic mass is 10.1. The molecule has 1 aromatic carbocycles. The number of benzene rings is 1. The number of thiophene rings is 1. The van der Waals surface area contributed by atoms with Crippen molar-refractivity contribution in [2.75, 3.05) is 19.6 Å². The lowest BCUT2D eigenvalue weighted by Crippen LogP contribution is -2.41. The standard InChI is InChI=1S/C18H22N2OS/c21-17(14-20-11-5-2-6-12-20)19-18(16-10-7-13-22-16)15-8-3-1-4-9-15/h1,3-4,7-10,13,18H,2,5-6,11-12,14H2,(H,19,21)/t18-/m1/s1. The van der Waals surface area contributed by atoms with Crippen LogP contribution in [0.1, 0.15) is 35.7 Å². The van der Waals surface area contributed by atoms with Crippen LogP contribution in [0.2, 0.25) is 0 Å². The molecule has 116 valence electrons. The summed E-state index contributed by atoms with van der Waals surface area (Å²) in [5.41, 5.74) is 1.14. The van der Waals surface area contributed by atoms with Crippen LogP contribution in [0, 0.1) is 0 Å². The average Bonchev–Trinajstić information content (AvgIpc) is 3.08. The summed E-state index contributed by atoms with van der Waals surface area (Å²) in [7, 11) is 0. The molecule has 1 amide bonds. The first kappa shape index (κ1) is 15.3. The maximum Gasteiger partial charge on any atom is 0.234 e. The number of hydrogen-bond acceptors (Lipinski definition) is 3. The highest BCUT2D eigenvalue weighted by atomic mass is 32.1. The average molecular weight is 314 g/mol. The Morgan fingerprint density at radius 3 is 2.55 bits per heavy atom. The molecule has 0 saturated carbocycles. The van der Waals surface area contributed by atoms with Crippen LogP contribution in [0.4, 0.5) is 0 Å². The third-order valence-electron chi connectivity index (χ3n) is 4.08. The lowest BCUT2D eigenvalue weighted by molar-refractivity contribution is -0.122. The number of nitrogens with zero attached hydrogens (tertiary/aromatic N) is 1. The largest absolute Gasteiger partial charge is 0.343 e. The minimum Gasteiger partial charge on any atom is -0.343 e. The molecule has 1 saturated heterocycles. The van der Waals surface area contributed by atoms with Crippen LogP contribution in [0.5, 0.6) is 0 Å². The topological polar surface area (TPSA) is 32.3 Å². The van der Waals surface area contributed by atoms with Crippen molar-refractivity contribution in [2.24, 2.45) is 0 Å². The molecule has 3 nitrogen and oxygen atoms in total. The van der Waals surface area contributed by atoms with Gasteiger partial charge in [-0.15, -0.1) is 11.3 Å². The Morgan fingerprint density at radius 2 is 1.86 bits per heavy atom. The van der Waals surface area contributed by atoms with E-state index in [1.54, 1.807) is 11.3 Å². The number of hydrogen-bond donors (Lipinski definition) is 1. The van der Waals surface area contributed by atoms with Crippen molar-refractivity contribution >= 4 is 17.2 Å². The van der Waals surface area contributed by atoms with Crippen LogP contribution >= 0.6 is 11.3 Å². The van der Waals surface area contributed by atoms with Gasteiger partial charge in [-0.05, 0) is 42.9 Å². The number of rotatable bonds is 5. The Morgan fingerprint density at radius 1 is 1.09 bits per heavy atom. The second kappa shape index (κ2) is 7.56. The molecule has 0 unspecified atom stereocenters. The van der Waals surface area contributed by atoms with Gasteiger partial charge in [0.2, 0.25) is 5.91 Å². The number of likely N-dealkylation sites (tertiary alicyclic amines) is 1. The van der Waals surface area contributed by atoms with Gasteiger partial charge in [0.05, 0.1) is 12.6 Å². The molecule has 1 fully saturated rings. The van der Waals surface area contributed by atoms with Crippen LogP contribution < -0.4 is 5.32 Å². The van der Waals surface area contributed by atoms with Gasteiger partial charge in [-0.25, -0.2) is 0 Å². The Labute approximate surface area is 136 Å². The molecular formula is C18H22N2OS. The Kier molecular flexibility index (Phi) is 5.24. The van der Waals surface area contributed by atoms with E-state index in [1.807, 2.05) is 24.3 Å². The van der Waals surface area contributed by atoms with E-state index < -0.39 is 0 Å². The van der Waals surface area contributed by atoms with Gasteiger partial charge in [-0.2, -0.15) is 0 Å². The summed E-state index contributed by atoms with van der Waals surface area (Å²) in [6.45, 7) is 2.60. The molecule has 4 heteroatoms. The zero-order valence-corrected chi connectivity index (χ0v) is 13.5. The fraction of sp³-hybridized carbons (Fsp3) is 0.389. The zero-order valence-electron chi connectivity index (χ0n) is 12.7. The van der Waals surface area contributed by atoms with Crippen molar-refractivity contribution in [1.82, 2.24) is 10.2 Å². The molecule has 1 aliphatic heterocycles. The van der Waals surface area contributed by atoms with Gasteiger partial charge in [0, 0.05) is 4.88 Å². The molecule has 3 rings (SSSR count). The second-order valence-electron chi connectivity index (χ2n) is 5.76. The molecule has 1 N–H and O–H groups in total. The lowest BCUT2D eigenvalue weighted by Gasteiger charge is -2.27. The van der Waals surface area contributed by atoms with Gasteiger partial charge < -0.3 is 5.32 Å². The summed E-state index contributed by atoms with van der Waals surface area (Å²) < 4.78 is 0. The predicted molar refractivity (Wildman–Crippen MR) is 91.0 cm³/mol. The summed E-state index contributed by atoms with van der Waals surface area (Å²) >= 11 is 1.69. The maximum absolute atomic E-state index is 12.4. The third kappa shape index (κ3) is 3.96. The van der Waals surface area contributed by atoms with E-state index in [9.17, 15) is 4.79 Å². The van der Waals surface area contributed by atoms with E-state index in [1.165, 1.54) is 24.1 Å². The molecule has 2 aromatic rings. The molecule has 0 bridgehead atoms. The number of piperidine rings is 1. The van der Waals surface area contributed by atoms with E-state index in [-0.39, 0.29) is 11.9 Å². The number of nitrogens with one attached hydrogen (secondary N) is 1. The second-order valence-corrected chi connectivity index (χ2v) is 6.74. The fourth-order valence-electron chi connectivity index (χ4n) is 2.95. The van der Waals surface area contributed by atoms with Crippen molar-refractivity contribution in [3.8, 4) is 0 Å². The molecule has 0 spiro atoms. The zero-order chi connectivity index (χ0) is 15.2. The number of amides is 1. The van der Waals surface area contributed by atoms with Crippen molar-refractivity contribution in [3.63, 3.8) is 0 Å². The molecule has 1 aromatic heterocycles. The quantitative estimate of drug-likeness (QED) is 0.917. The van der Waals surface area contributed by atoms with E-state index >= 15 is 0 Å². The Hall–Kier alpha value is -1.65. The highest BCUT2D eigenvalue weighted by Gasteiger charge is 2.20. The summed E-state index contributed by atoms with van der Waals surface area (Å²) in [6.07, 6.45) is 3.71. The first-order chi connectivity index (χ1) is 10.8. The molecule has 1 aliphatic rings. The van der Waals surface area contributed by atoms with Gasteiger partial charge in [-0.1, -0.05) is 42.8 Å². The van der Waals surface area contributed by atoms with Crippen molar-refractivity contribution < 1.29 is 4.79 Å². The third-order valence-corrected chi connectivity index (χ3v) is 5.02. The fourth-order valence-corrected chi connectivity index (χ4v) is 3.75. The van der Waals surface area contributed by atoms with Crippen molar-refractivity contribution in [2.45, 2.75) is 25.3 Å². The van der Waals surface area contributed by atoms with E-state index in [0.717, 1.165) is 18.7 Å². The smallest absolute Gasteiger partial charge is 0.234 e. The monoisotopic (exact) mass is 314 g/mol. The predicted octanol–water partition coefficient (Wildman–Crippen LogP) is 3.44. The summed E-state index contributed by atoms with van der Waals surface area (Å²) in [4.78, 5) is 15.9. The molecule has 0 radical (unpaired) electrons. The van der Waals surface area contributed by atoms with Crippen LogP contribution in [0.15, 0.2) is 47.8 Å². The van der Waals surface area contributed by atoms with Gasteiger partial charge in [0.1, 0.15) is 0 Å². The molecular weight excluding hydrogens is 292 g/mol.